The number of aliphatic carboxylic acids is 1. The molecule has 1 aliphatic rings. The Labute approximate surface area is 154 Å². The van der Waals surface area contributed by atoms with Crippen LogP contribution in [0.5, 0.6) is 0 Å². The van der Waals surface area contributed by atoms with Gasteiger partial charge in [-0.15, -0.1) is 0 Å². The van der Waals surface area contributed by atoms with E-state index in [1.165, 1.54) is 0 Å². The lowest BCUT2D eigenvalue weighted by molar-refractivity contribution is -0.143. The van der Waals surface area contributed by atoms with Crippen LogP contribution in [-0.4, -0.2) is 58.9 Å². The molecule has 0 spiro atoms. The highest BCUT2D eigenvalue weighted by molar-refractivity contribution is 5.91. The molecule has 0 aromatic heterocycles. The van der Waals surface area contributed by atoms with Crippen molar-refractivity contribution in [2.75, 3.05) is 13.1 Å². The van der Waals surface area contributed by atoms with Gasteiger partial charge in [0.05, 0.1) is 6.54 Å². The molecule has 0 aliphatic carbocycles. The summed E-state index contributed by atoms with van der Waals surface area (Å²) in [6.45, 7) is 5.91. The summed E-state index contributed by atoms with van der Waals surface area (Å²) < 4.78 is 0. The fraction of sp³-hybridized carbons (Fsp3) is 0.778. The van der Waals surface area contributed by atoms with E-state index >= 15 is 0 Å². The van der Waals surface area contributed by atoms with Gasteiger partial charge in [-0.25, -0.2) is 4.79 Å². The second-order valence-corrected chi connectivity index (χ2v) is 7.15. The number of carbonyl (C=O) groups is 4. The number of carboxylic acid groups (broad SMARTS) is 1. The quantitative estimate of drug-likeness (QED) is 0.558. The molecule has 1 heterocycles. The van der Waals surface area contributed by atoms with E-state index in [1.54, 1.807) is 4.90 Å². The fourth-order valence-electron chi connectivity index (χ4n) is 3.08. The molecule has 1 unspecified atom stereocenters. The lowest BCUT2D eigenvalue weighted by atomic mass is 10.0. The number of likely N-dealkylation sites (tertiary alicyclic amines) is 1. The summed E-state index contributed by atoms with van der Waals surface area (Å²) in [7, 11) is 0. The van der Waals surface area contributed by atoms with Crippen molar-refractivity contribution >= 4 is 23.7 Å². The van der Waals surface area contributed by atoms with Gasteiger partial charge in [0.2, 0.25) is 17.7 Å². The van der Waals surface area contributed by atoms with Crippen LogP contribution in [0.2, 0.25) is 0 Å². The van der Waals surface area contributed by atoms with E-state index in [-0.39, 0.29) is 24.3 Å². The molecule has 1 rings (SSSR count). The predicted octanol–water partition coefficient (Wildman–Crippen LogP) is 0.899. The molecule has 0 aromatic rings. The Hall–Kier alpha value is -2.12. The first-order chi connectivity index (χ1) is 12.3. The van der Waals surface area contributed by atoms with Crippen LogP contribution >= 0.6 is 0 Å². The molecular formula is C18H31N3O5. The van der Waals surface area contributed by atoms with Gasteiger partial charge in [0, 0.05) is 13.0 Å². The first-order valence-corrected chi connectivity index (χ1v) is 9.35. The number of carbonyl (C=O) groups excluding carboxylic acids is 3. The largest absolute Gasteiger partial charge is 0.480 e. The molecule has 1 saturated heterocycles. The lowest BCUT2D eigenvalue weighted by Gasteiger charge is -2.34. The average molecular weight is 369 g/mol. The second-order valence-electron chi connectivity index (χ2n) is 7.15. The van der Waals surface area contributed by atoms with Crippen molar-refractivity contribution in [1.82, 2.24) is 15.5 Å². The van der Waals surface area contributed by atoms with Gasteiger partial charge in [0.1, 0.15) is 12.1 Å². The van der Waals surface area contributed by atoms with E-state index in [1.807, 2.05) is 20.8 Å². The third kappa shape index (κ3) is 7.01. The molecule has 8 heteroatoms. The topological polar surface area (TPSA) is 116 Å². The Bertz CT molecular complexity index is 521. The molecule has 2 atom stereocenters. The molecule has 0 radical (unpaired) electrons. The van der Waals surface area contributed by atoms with Gasteiger partial charge in [-0.1, -0.05) is 20.8 Å². The van der Waals surface area contributed by atoms with Gasteiger partial charge < -0.3 is 20.6 Å². The molecule has 0 saturated carbocycles. The highest BCUT2D eigenvalue weighted by atomic mass is 16.4. The van der Waals surface area contributed by atoms with Crippen molar-refractivity contribution < 1.29 is 24.3 Å². The van der Waals surface area contributed by atoms with E-state index in [2.05, 4.69) is 10.6 Å². The van der Waals surface area contributed by atoms with Crippen molar-refractivity contribution in [3.63, 3.8) is 0 Å². The Kier molecular flexibility index (Phi) is 9.09. The van der Waals surface area contributed by atoms with Crippen molar-refractivity contribution in [3.05, 3.63) is 0 Å². The molecule has 0 bridgehead atoms. The van der Waals surface area contributed by atoms with Crippen LogP contribution < -0.4 is 10.6 Å². The number of hydrogen-bond acceptors (Lipinski definition) is 4. The highest BCUT2D eigenvalue weighted by Crippen LogP contribution is 2.18. The van der Waals surface area contributed by atoms with Crippen LogP contribution in [-0.2, 0) is 19.2 Å². The number of carboxylic acids is 1. The average Bonchev–Trinajstić information content (AvgIpc) is 2.58. The minimum Gasteiger partial charge on any atom is -0.480 e. The zero-order valence-corrected chi connectivity index (χ0v) is 15.9. The molecule has 3 N–H and O–H groups in total. The summed E-state index contributed by atoms with van der Waals surface area (Å²) in [5, 5.41) is 14.1. The number of rotatable bonds is 9. The highest BCUT2D eigenvalue weighted by Gasteiger charge is 2.31. The van der Waals surface area contributed by atoms with Gasteiger partial charge in [0.25, 0.3) is 0 Å². The summed E-state index contributed by atoms with van der Waals surface area (Å²) in [6.07, 6.45) is 3.74. The Morgan fingerprint density at radius 2 is 1.88 bits per heavy atom. The maximum atomic E-state index is 12.4. The summed E-state index contributed by atoms with van der Waals surface area (Å²) in [6, 6.07) is -1.53. The van der Waals surface area contributed by atoms with Gasteiger partial charge in [-0.05, 0) is 38.0 Å². The summed E-state index contributed by atoms with van der Waals surface area (Å²) in [4.78, 5) is 49.4. The van der Waals surface area contributed by atoms with Crippen molar-refractivity contribution in [3.8, 4) is 0 Å². The van der Waals surface area contributed by atoms with Gasteiger partial charge in [-0.3, -0.25) is 14.4 Å². The van der Waals surface area contributed by atoms with Crippen molar-refractivity contribution in [2.24, 2.45) is 5.92 Å². The number of piperidine rings is 1. The maximum absolute atomic E-state index is 12.4. The third-order valence-corrected chi connectivity index (χ3v) is 4.35. The standard InChI is InChI=1S/C18H31N3O5/c1-4-7-16(23)21-9-6-5-8-14(21)17(24)19-11-15(22)20-13(18(25)26)10-12(2)3/h12-14H,4-11H2,1-3H3,(H,19,24)(H,20,22)(H,25,26)/t13-,14?/m0/s1. The summed E-state index contributed by atoms with van der Waals surface area (Å²) in [5.41, 5.74) is 0. The minimum atomic E-state index is -1.10. The molecule has 8 nitrogen and oxygen atoms in total. The van der Waals surface area contributed by atoms with Gasteiger partial charge >= 0.3 is 5.97 Å². The zero-order valence-electron chi connectivity index (χ0n) is 15.9. The van der Waals surface area contributed by atoms with Crippen molar-refractivity contribution in [2.45, 2.75) is 71.4 Å². The summed E-state index contributed by atoms with van der Waals surface area (Å²) in [5.74, 6) is -1.93. The number of nitrogens with zero attached hydrogens (tertiary/aromatic N) is 1. The number of hydrogen-bond donors (Lipinski definition) is 3. The van der Waals surface area contributed by atoms with Crippen LogP contribution in [0, 0.1) is 5.92 Å². The lowest BCUT2D eigenvalue weighted by Crippen LogP contribution is -2.54. The van der Waals surface area contributed by atoms with E-state index in [0.717, 1.165) is 19.3 Å². The van der Waals surface area contributed by atoms with Gasteiger partial charge in [0.15, 0.2) is 0 Å². The molecular weight excluding hydrogens is 338 g/mol. The third-order valence-electron chi connectivity index (χ3n) is 4.35. The second kappa shape index (κ2) is 10.8. The smallest absolute Gasteiger partial charge is 0.326 e. The number of nitrogens with one attached hydrogen (secondary N) is 2. The Morgan fingerprint density at radius 1 is 1.19 bits per heavy atom. The molecule has 3 amide bonds. The van der Waals surface area contributed by atoms with Crippen LogP contribution in [0.15, 0.2) is 0 Å². The molecule has 26 heavy (non-hydrogen) atoms. The minimum absolute atomic E-state index is 0.0420. The fourth-order valence-corrected chi connectivity index (χ4v) is 3.08. The van der Waals surface area contributed by atoms with E-state index in [4.69, 9.17) is 5.11 Å². The first kappa shape index (κ1) is 21.9. The zero-order chi connectivity index (χ0) is 19.7. The van der Waals surface area contributed by atoms with E-state index in [0.29, 0.717) is 25.8 Å². The van der Waals surface area contributed by atoms with Crippen molar-refractivity contribution in [1.29, 1.82) is 0 Å². The maximum Gasteiger partial charge on any atom is 0.326 e. The van der Waals surface area contributed by atoms with E-state index < -0.39 is 24.0 Å². The molecule has 1 fully saturated rings. The SMILES string of the molecule is CCCC(=O)N1CCCCC1C(=O)NCC(=O)N[C@@H](CC(C)C)C(=O)O. The molecule has 0 aromatic carbocycles. The van der Waals surface area contributed by atoms with Gasteiger partial charge in [-0.2, -0.15) is 0 Å². The Balaban J connectivity index is 2.56. The normalized spacial score (nSPS) is 18.3. The molecule has 1 aliphatic heterocycles. The first-order valence-electron chi connectivity index (χ1n) is 9.35. The van der Waals surface area contributed by atoms with Crippen LogP contribution in [0.25, 0.3) is 0 Å². The monoisotopic (exact) mass is 369 g/mol. The summed E-state index contributed by atoms with van der Waals surface area (Å²) >= 11 is 0. The Morgan fingerprint density at radius 3 is 2.46 bits per heavy atom. The van der Waals surface area contributed by atoms with Crippen LogP contribution in [0.4, 0.5) is 0 Å². The molecule has 148 valence electrons. The van der Waals surface area contributed by atoms with E-state index in [9.17, 15) is 19.2 Å². The number of amides is 3. The predicted molar refractivity (Wildman–Crippen MR) is 96.3 cm³/mol. The van der Waals surface area contributed by atoms with Crippen LogP contribution in [0.1, 0.15) is 59.3 Å². The van der Waals surface area contributed by atoms with Crippen LogP contribution in [0.3, 0.4) is 0 Å².